The van der Waals surface area contributed by atoms with Crippen molar-refractivity contribution >= 4 is 0 Å². The van der Waals surface area contributed by atoms with Crippen molar-refractivity contribution in [1.29, 1.82) is 0 Å². The highest BCUT2D eigenvalue weighted by Gasteiger charge is 2.30. The van der Waals surface area contributed by atoms with Crippen LogP contribution in [0.5, 0.6) is 11.5 Å². The summed E-state index contributed by atoms with van der Waals surface area (Å²) in [5, 5.41) is 21.7. The standard InChI is InChI=1S/C24H28O2/c1-16(2)20-12-9-17(3)13-21(20)24-22(25)14-19(15-23(24)26)11-10-18-7-5-4-6-8-18/h4-8,13-15,20-21,25-26H,1,9-12H2,2-3H3/t20-,21+/m0/s1/i1D2,2D3,3D3. The zero-order valence-electron chi connectivity index (χ0n) is 22.5. The molecule has 2 aromatic carbocycles. The number of hydrogen-bond acceptors (Lipinski definition) is 2. The SMILES string of the molecule is [2H]C([2H])=C([C@@H]1CCC(C([2H])([2H])[2H])=C[C@H]1c1c(O)cc(CCc2ccccc2)cc1O)C([2H])([2H])[2H]. The number of benzene rings is 2. The third kappa shape index (κ3) is 4.01. The summed E-state index contributed by atoms with van der Waals surface area (Å²) in [6, 6.07) is 12.7. The molecule has 0 bridgehead atoms. The Morgan fingerprint density at radius 1 is 1.15 bits per heavy atom. The average molecular weight is 357 g/mol. The molecule has 1 aliphatic rings. The quantitative estimate of drug-likeness (QED) is 0.655. The van der Waals surface area contributed by atoms with Crippen LogP contribution in [-0.2, 0) is 12.8 Å². The first kappa shape index (κ1) is 10.6. The Labute approximate surface area is 167 Å². The van der Waals surface area contributed by atoms with Crippen LogP contribution in [0, 0.1) is 5.92 Å². The average Bonchev–Trinajstić information content (AvgIpc) is 2.71. The van der Waals surface area contributed by atoms with Crippen molar-refractivity contribution in [2.45, 2.75) is 45.3 Å². The lowest BCUT2D eigenvalue weighted by atomic mass is 9.73. The number of hydrogen-bond donors (Lipinski definition) is 2. The van der Waals surface area contributed by atoms with Gasteiger partial charge in [0.05, 0.1) is 2.74 Å². The minimum atomic E-state index is -2.74. The van der Waals surface area contributed by atoms with E-state index in [-0.39, 0.29) is 35.5 Å². The molecule has 0 fully saturated rings. The van der Waals surface area contributed by atoms with Gasteiger partial charge in [-0.2, -0.15) is 0 Å². The highest BCUT2D eigenvalue weighted by molar-refractivity contribution is 5.52. The first-order valence-corrected chi connectivity index (χ1v) is 8.76. The molecule has 0 saturated carbocycles. The fourth-order valence-corrected chi connectivity index (χ4v) is 3.61. The third-order valence-electron chi connectivity index (χ3n) is 4.98. The van der Waals surface area contributed by atoms with Gasteiger partial charge in [-0.05, 0) is 68.6 Å². The van der Waals surface area contributed by atoms with Crippen molar-refractivity contribution < 1.29 is 21.2 Å². The van der Waals surface area contributed by atoms with Gasteiger partial charge in [0.15, 0.2) is 0 Å². The van der Waals surface area contributed by atoms with Crippen molar-refractivity contribution in [3.8, 4) is 11.5 Å². The Balaban J connectivity index is 2.05. The van der Waals surface area contributed by atoms with Crippen LogP contribution in [0.2, 0.25) is 0 Å². The predicted octanol–water partition coefficient (Wildman–Crippen LogP) is 5.90. The van der Waals surface area contributed by atoms with E-state index in [0.29, 0.717) is 18.4 Å². The van der Waals surface area contributed by atoms with Crippen molar-refractivity contribution in [2.75, 3.05) is 0 Å². The molecule has 0 spiro atoms. The molecular formula is C24H28O2. The van der Waals surface area contributed by atoms with Gasteiger partial charge in [-0.3, -0.25) is 0 Å². The van der Waals surface area contributed by atoms with Gasteiger partial charge in [-0.15, -0.1) is 0 Å². The van der Waals surface area contributed by atoms with Gasteiger partial charge in [0, 0.05) is 19.7 Å². The number of allylic oxidation sites excluding steroid dienone is 3. The van der Waals surface area contributed by atoms with Crippen molar-refractivity contribution in [1.82, 2.24) is 0 Å². The maximum Gasteiger partial charge on any atom is 0.123 e. The van der Waals surface area contributed by atoms with E-state index >= 15 is 0 Å². The first-order chi connectivity index (χ1) is 15.8. The summed E-state index contributed by atoms with van der Waals surface area (Å²) in [5.41, 5.74) is 1.46. The summed E-state index contributed by atoms with van der Waals surface area (Å²) in [6.07, 6.45) is 2.73. The van der Waals surface area contributed by atoms with E-state index in [0.717, 1.165) is 5.56 Å². The number of phenolic OH excluding ortho intramolecular Hbond substituents is 2. The molecule has 1 aliphatic carbocycles. The van der Waals surface area contributed by atoms with Crippen LogP contribution in [0.25, 0.3) is 0 Å². The van der Waals surface area contributed by atoms with E-state index in [4.69, 9.17) is 11.0 Å². The summed E-state index contributed by atoms with van der Waals surface area (Å²) in [5.74, 6) is -2.49. The topological polar surface area (TPSA) is 40.5 Å². The third-order valence-corrected chi connectivity index (χ3v) is 4.98. The van der Waals surface area contributed by atoms with Crippen molar-refractivity contribution in [3.63, 3.8) is 0 Å². The molecule has 2 atom stereocenters. The molecule has 136 valence electrons. The Kier molecular flexibility index (Phi) is 3.19. The van der Waals surface area contributed by atoms with Crippen LogP contribution in [0.3, 0.4) is 0 Å². The van der Waals surface area contributed by atoms with Crippen LogP contribution >= 0.6 is 0 Å². The summed E-state index contributed by atoms with van der Waals surface area (Å²) in [7, 11) is 0. The van der Waals surface area contributed by atoms with E-state index in [1.165, 1.54) is 18.2 Å². The first-order valence-electron chi connectivity index (χ1n) is 12.8. The van der Waals surface area contributed by atoms with Gasteiger partial charge in [0.25, 0.3) is 0 Å². The maximum absolute atomic E-state index is 10.9. The normalized spacial score (nSPS) is 25.2. The minimum Gasteiger partial charge on any atom is -0.507 e. The Bertz CT molecular complexity index is 1060. The molecule has 0 radical (unpaired) electrons. The molecule has 0 unspecified atom stereocenters. The van der Waals surface area contributed by atoms with Crippen molar-refractivity contribution in [3.05, 3.63) is 82.9 Å². The number of phenols is 2. The fraction of sp³-hybridized carbons (Fsp3) is 0.333. The lowest BCUT2D eigenvalue weighted by molar-refractivity contribution is 0.406. The zero-order valence-corrected chi connectivity index (χ0v) is 14.5. The summed E-state index contributed by atoms with van der Waals surface area (Å²) in [6.45, 7) is -6.02. The second kappa shape index (κ2) is 7.82. The van der Waals surface area contributed by atoms with Crippen LogP contribution in [0.15, 0.2) is 66.2 Å². The number of rotatable bonds is 5. The van der Waals surface area contributed by atoms with E-state index in [2.05, 4.69) is 0 Å². The molecule has 0 heterocycles. The van der Waals surface area contributed by atoms with Crippen LogP contribution in [-0.4, -0.2) is 10.2 Å². The fourth-order valence-electron chi connectivity index (χ4n) is 3.61. The largest absolute Gasteiger partial charge is 0.507 e. The van der Waals surface area contributed by atoms with Crippen LogP contribution < -0.4 is 0 Å². The predicted molar refractivity (Wildman–Crippen MR) is 108 cm³/mol. The molecule has 2 aromatic rings. The lowest BCUT2D eigenvalue weighted by Gasteiger charge is -2.31. The highest BCUT2D eigenvalue weighted by Crippen LogP contribution is 2.46. The van der Waals surface area contributed by atoms with Crippen LogP contribution in [0.1, 0.15) is 60.1 Å². The number of aryl methyl sites for hydroxylation is 2. The van der Waals surface area contributed by atoms with Crippen LogP contribution in [0.4, 0.5) is 0 Å². The molecule has 2 heteroatoms. The molecule has 2 nitrogen and oxygen atoms in total. The minimum absolute atomic E-state index is 0.0120. The van der Waals surface area contributed by atoms with Gasteiger partial charge in [-0.1, -0.05) is 54.1 Å². The summed E-state index contributed by atoms with van der Waals surface area (Å²) in [4.78, 5) is 0. The van der Waals surface area contributed by atoms with E-state index in [9.17, 15) is 10.2 Å². The second-order valence-corrected chi connectivity index (χ2v) is 6.81. The molecule has 0 saturated heterocycles. The summed E-state index contributed by atoms with van der Waals surface area (Å²) >= 11 is 0. The highest BCUT2D eigenvalue weighted by atomic mass is 16.3. The second-order valence-electron chi connectivity index (χ2n) is 6.81. The molecule has 0 amide bonds. The van der Waals surface area contributed by atoms with E-state index in [1.54, 1.807) is 0 Å². The lowest BCUT2D eigenvalue weighted by Crippen LogP contribution is -2.17. The Morgan fingerprint density at radius 2 is 1.88 bits per heavy atom. The Morgan fingerprint density at radius 3 is 2.54 bits per heavy atom. The van der Waals surface area contributed by atoms with Gasteiger partial charge < -0.3 is 10.2 Å². The molecule has 0 aliphatic heterocycles. The number of aromatic hydroxyl groups is 2. The van der Waals surface area contributed by atoms with Gasteiger partial charge >= 0.3 is 0 Å². The van der Waals surface area contributed by atoms with Gasteiger partial charge in [0.1, 0.15) is 11.5 Å². The maximum atomic E-state index is 10.9. The molecule has 2 N–H and O–H groups in total. The zero-order chi connectivity index (χ0) is 25.3. The van der Waals surface area contributed by atoms with Gasteiger partial charge in [0.2, 0.25) is 0 Å². The molecule has 0 aromatic heterocycles. The van der Waals surface area contributed by atoms with Crippen molar-refractivity contribution in [2.24, 2.45) is 5.92 Å². The Hall–Kier alpha value is -2.48. The van der Waals surface area contributed by atoms with E-state index < -0.39 is 37.6 Å². The molecule has 3 rings (SSSR count). The monoisotopic (exact) mass is 356 g/mol. The smallest absolute Gasteiger partial charge is 0.123 e. The molecule has 26 heavy (non-hydrogen) atoms. The van der Waals surface area contributed by atoms with E-state index in [1.807, 2.05) is 30.3 Å². The summed E-state index contributed by atoms with van der Waals surface area (Å²) < 4.78 is 62.4. The van der Waals surface area contributed by atoms with Gasteiger partial charge in [-0.25, -0.2) is 0 Å². The molecular weight excluding hydrogens is 320 g/mol.